The second-order valence-corrected chi connectivity index (χ2v) is 4.20. The molecule has 0 fully saturated rings. The Hall–Kier alpha value is -2.76. The third-order valence-corrected chi connectivity index (χ3v) is 2.55. The normalized spacial score (nSPS) is 9.85. The van der Waals surface area contributed by atoms with Crippen LogP contribution in [0.25, 0.3) is 0 Å². The summed E-state index contributed by atoms with van der Waals surface area (Å²) in [5.74, 6) is -4.25. The number of carbonyl (C=O) groups excluding carboxylic acids is 2. The van der Waals surface area contributed by atoms with Gasteiger partial charge in [-0.05, 0) is 30.2 Å². The first-order chi connectivity index (χ1) is 9.23. The van der Waals surface area contributed by atoms with Crippen LogP contribution in [0, 0.1) is 0 Å². The fourth-order valence-electron chi connectivity index (χ4n) is 1.57. The summed E-state index contributed by atoms with van der Waals surface area (Å²) in [6, 6.07) is 3.48. The minimum atomic E-state index is -1.41. The highest BCUT2D eigenvalue weighted by Gasteiger charge is 2.19. The molecule has 0 bridgehead atoms. The van der Waals surface area contributed by atoms with Crippen molar-refractivity contribution in [3.8, 4) is 0 Å². The van der Waals surface area contributed by atoms with Crippen molar-refractivity contribution >= 4 is 23.5 Å². The molecule has 0 aliphatic carbocycles. The largest absolute Gasteiger partial charge is 0.478 e. The molecule has 0 spiro atoms. The van der Waals surface area contributed by atoms with Gasteiger partial charge in [-0.3, -0.25) is 9.59 Å². The second kappa shape index (κ2) is 5.92. The van der Waals surface area contributed by atoms with Crippen LogP contribution in [0.2, 0.25) is 0 Å². The number of ketones is 2. The van der Waals surface area contributed by atoms with Crippen LogP contribution in [0.3, 0.4) is 0 Å². The predicted octanol–water partition coefficient (Wildman–Crippen LogP) is 1.34. The summed E-state index contributed by atoms with van der Waals surface area (Å²) in [4.78, 5) is 44.8. The van der Waals surface area contributed by atoms with Crippen LogP contribution >= 0.6 is 0 Å². The fraction of sp³-hybridized carbons (Fsp3) is 0.143. The lowest BCUT2D eigenvalue weighted by atomic mass is 9.98. The Morgan fingerprint density at radius 2 is 1.60 bits per heavy atom. The molecule has 0 atom stereocenters. The van der Waals surface area contributed by atoms with Gasteiger partial charge in [-0.15, -0.1) is 0 Å². The Morgan fingerprint density at radius 3 is 2.05 bits per heavy atom. The lowest BCUT2D eigenvalue weighted by Crippen LogP contribution is -2.17. The molecule has 6 heteroatoms. The number of aromatic carboxylic acids is 2. The number of carboxylic acids is 2. The predicted molar refractivity (Wildman–Crippen MR) is 68.9 cm³/mol. The summed E-state index contributed by atoms with van der Waals surface area (Å²) in [5, 5.41) is 17.8. The Labute approximate surface area is 114 Å². The molecule has 104 valence electrons. The fourth-order valence-corrected chi connectivity index (χ4v) is 1.57. The van der Waals surface area contributed by atoms with Gasteiger partial charge in [0.2, 0.25) is 11.6 Å². The highest BCUT2D eigenvalue weighted by molar-refractivity contribution is 6.43. The maximum Gasteiger partial charge on any atom is 0.336 e. The molecule has 0 unspecified atom stereocenters. The van der Waals surface area contributed by atoms with E-state index in [0.29, 0.717) is 0 Å². The maximum atomic E-state index is 11.6. The third-order valence-electron chi connectivity index (χ3n) is 2.55. The SMILES string of the molecule is C=C(C)C(=O)C(=O)Cc1ccc(C(=O)O)c(C(=O)O)c1. The number of hydrogen-bond donors (Lipinski definition) is 2. The van der Waals surface area contributed by atoms with Crippen LogP contribution in [0.4, 0.5) is 0 Å². The van der Waals surface area contributed by atoms with Crippen molar-refractivity contribution in [1.29, 1.82) is 0 Å². The highest BCUT2D eigenvalue weighted by atomic mass is 16.4. The first kappa shape index (κ1) is 15.3. The molecule has 6 nitrogen and oxygen atoms in total. The van der Waals surface area contributed by atoms with Crippen molar-refractivity contribution in [2.75, 3.05) is 0 Å². The van der Waals surface area contributed by atoms with Crippen LogP contribution in [0.1, 0.15) is 33.2 Å². The zero-order chi connectivity index (χ0) is 15.4. The standard InChI is InChI=1S/C14H12O6/c1-7(2)12(16)11(15)6-8-3-4-9(13(17)18)10(5-8)14(19)20/h3-5H,1,6H2,2H3,(H,17,18)(H,19,20). The van der Waals surface area contributed by atoms with E-state index in [-0.39, 0.29) is 23.1 Å². The van der Waals surface area contributed by atoms with Crippen molar-refractivity contribution in [2.45, 2.75) is 13.3 Å². The summed E-state index contributed by atoms with van der Waals surface area (Å²) < 4.78 is 0. The topological polar surface area (TPSA) is 109 Å². The molecule has 0 aliphatic heterocycles. The van der Waals surface area contributed by atoms with Gasteiger partial charge in [0.15, 0.2) is 0 Å². The number of carboxylic acid groups (broad SMARTS) is 2. The number of benzene rings is 1. The third kappa shape index (κ3) is 3.38. The van der Waals surface area contributed by atoms with Crippen molar-refractivity contribution in [2.24, 2.45) is 0 Å². The first-order valence-electron chi connectivity index (χ1n) is 5.56. The quantitative estimate of drug-likeness (QED) is 0.599. The van der Waals surface area contributed by atoms with Crippen LogP contribution < -0.4 is 0 Å². The van der Waals surface area contributed by atoms with Gasteiger partial charge in [0.25, 0.3) is 0 Å². The van der Waals surface area contributed by atoms with Crippen LogP contribution in [-0.4, -0.2) is 33.7 Å². The van der Waals surface area contributed by atoms with Gasteiger partial charge in [0.1, 0.15) is 0 Å². The van der Waals surface area contributed by atoms with Gasteiger partial charge in [0, 0.05) is 6.42 Å². The monoisotopic (exact) mass is 276 g/mol. The second-order valence-electron chi connectivity index (χ2n) is 4.20. The van der Waals surface area contributed by atoms with Crippen LogP contribution in [0.15, 0.2) is 30.4 Å². The van der Waals surface area contributed by atoms with E-state index in [9.17, 15) is 19.2 Å². The lowest BCUT2D eigenvalue weighted by molar-refractivity contribution is -0.133. The van der Waals surface area contributed by atoms with E-state index in [1.807, 2.05) is 0 Å². The molecular formula is C14H12O6. The Morgan fingerprint density at radius 1 is 1.05 bits per heavy atom. The van der Waals surface area contributed by atoms with Gasteiger partial charge >= 0.3 is 11.9 Å². The Bertz CT molecular complexity index is 627. The molecule has 0 saturated carbocycles. The summed E-state index contributed by atoms with van der Waals surface area (Å²) in [6.07, 6.45) is -0.300. The lowest BCUT2D eigenvalue weighted by Gasteiger charge is -2.05. The van der Waals surface area contributed by atoms with Crippen molar-refractivity contribution in [3.05, 3.63) is 47.0 Å². The van der Waals surface area contributed by atoms with Crippen LogP contribution in [0.5, 0.6) is 0 Å². The Kier molecular flexibility index (Phi) is 4.53. The molecule has 0 heterocycles. The van der Waals surface area contributed by atoms with Crippen LogP contribution in [-0.2, 0) is 16.0 Å². The maximum absolute atomic E-state index is 11.6. The molecular weight excluding hydrogens is 264 g/mol. The zero-order valence-electron chi connectivity index (χ0n) is 10.7. The van der Waals surface area contributed by atoms with Gasteiger partial charge in [-0.2, -0.15) is 0 Å². The molecule has 20 heavy (non-hydrogen) atoms. The summed E-state index contributed by atoms with van der Waals surface area (Å²) >= 11 is 0. The van der Waals surface area contributed by atoms with Gasteiger partial charge in [-0.25, -0.2) is 9.59 Å². The van der Waals surface area contributed by atoms with Crippen molar-refractivity contribution < 1.29 is 29.4 Å². The minimum absolute atomic E-state index is 0.0932. The number of allylic oxidation sites excluding steroid dienone is 1. The van der Waals surface area contributed by atoms with E-state index >= 15 is 0 Å². The average Bonchev–Trinajstić information content (AvgIpc) is 2.37. The van der Waals surface area contributed by atoms with Crippen molar-refractivity contribution in [3.63, 3.8) is 0 Å². The van der Waals surface area contributed by atoms with E-state index in [2.05, 4.69) is 6.58 Å². The number of Topliss-reactive ketones (excluding diaryl/α,β-unsaturated/α-hetero) is 2. The number of carbonyl (C=O) groups is 4. The van der Waals surface area contributed by atoms with E-state index in [1.54, 1.807) is 0 Å². The van der Waals surface area contributed by atoms with E-state index < -0.39 is 29.1 Å². The molecule has 0 amide bonds. The van der Waals surface area contributed by atoms with Gasteiger partial charge in [-0.1, -0.05) is 12.6 Å². The molecule has 1 aromatic rings. The molecule has 0 radical (unpaired) electrons. The van der Waals surface area contributed by atoms with Gasteiger partial charge in [0.05, 0.1) is 11.1 Å². The molecule has 0 aromatic heterocycles. The number of rotatable bonds is 6. The summed E-state index contributed by atoms with van der Waals surface area (Å²) in [7, 11) is 0. The number of hydrogen-bond acceptors (Lipinski definition) is 4. The first-order valence-corrected chi connectivity index (χ1v) is 5.56. The van der Waals surface area contributed by atoms with E-state index in [0.717, 1.165) is 12.1 Å². The highest BCUT2D eigenvalue weighted by Crippen LogP contribution is 2.14. The molecule has 2 N–H and O–H groups in total. The Balaban J connectivity index is 3.11. The van der Waals surface area contributed by atoms with E-state index in [1.165, 1.54) is 13.0 Å². The molecule has 1 aromatic carbocycles. The van der Waals surface area contributed by atoms with Crippen molar-refractivity contribution in [1.82, 2.24) is 0 Å². The van der Waals surface area contributed by atoms with E-state index in [4.69, 9.17) is 10.2 Å². The summed E-state index contributed by atoms with van der Waals surface area (Å²) in [5.41, 5.74) is -0.451. The summed E-state index contributed by atoms with van der Waals surface area (Å²) in [6.45, 7) is 4.76. The molecule has 0 aliphatic rings. The smallest absolute Gasteiger partial charge is 0.336 e. The van der Waals surface area contributed by atoms with Gasteiger partial charge < -0.3 is 10.2 Å². The average molecular weight is 276 g/mol. The molecule has 0 saturated heterocycles. The zero-order valence-corrected chi connectivity index (χ0v) is 10.7. The minimum Gasteiger partial charge on any atom is -0.478 e. The molecule has 1 rings (SSSR count).